The highest BCUT2D eigenvalue weighted by atomic mass is 35.5. The lowest BCUT2D eigenvalue weighted by Crippen LogP contribution is -2.21. The van der Waals surface area contributed by atoms with Gasteiger partial charge in [0.15, 0.2) is 0 Å². The van der Waals surface area contributed by atoms with Gasteiger partial charge < -0.3 is 9.73 Å². The average Bonchev–Trinajstić information content (AvgIpc) is 2.73. The third-order valence-corrected chi connectivity index (χ3v) is 2.71. The molecule has 0 aliphatic heterocycles. The molecule has 0 aliphatic rings. The fourth-order valence-corrected chi connectivity index (χ4v) is 1.85. The highest BCUT2D eigenvalue weighted by Gasteiger charge is 2.07. The molecule has 18 heavy (non-hydrogen) atoms. The van der Waals surface area contributed by atoms with Crippen LogP contribution < -0.4 is 5.32 Å². The third kappa shape index (κ3) is 3.34. The van der Waals surface area contributed by atoms with Crippen molar-refractivity contribution in [3.05, 3.63) is 46.9 Å². The summed E-state index contributed by atoms with van der Waals surface area (Å²) in [6.45, 7) is 4.78. The number of furan rings is 1. The van der Waals surface area contributed by atoms with Crippen molar-refractivity contribution in [2.75, 3.05) is 0 Å². The quantitative estimate of drug-likeness (QED) is 0.896. The standard InChI is InChI=1S/C14H15ClFNO/c1-9(2)17-8-13-3-4-14(18-13)10-5-11(15)7-12(16)6-10/h3-7,9,17H,8H2,1-2H3. The van der Waals surface area contributed by atoms with Crippen LogP contribution in [0.15, 0.2) is 34.7 Å². The Morgan fingerprint density at radius 1 is 1.28 bits per heavy atom. The van der Waals surface area contributed by atoms with Crippen molar-refractivity contribution in [3.8, 4) is 11.3 Å². The normalized spacial score (nSPS) is 11.2. The van der Waals surface area contributed by atoms with E-state index in [9.17, 15) is 4.39 Å². The summed E-state index contributed by atoms with van der Waals surface area (Å²) < 4.78 is 18.9. The molecule has 2 nitrogen and oxygen atoms in total. The molecule has 0 spiro atoms. The molecule has 0 fully saturated rings. The predicted molar refractivity (Wildman–Crippen MR) is 71.1 cm³/mol. The van der Waals surface area contributed by atoms with Crippen molar-refractivity contribution in [1.82, 2.24) is 5.32 Å². The largest absolute Gasteiger partial charge is 0.460 e. The van der Waals surface area contributed by atoms with E-state index in [0.717, 1.165) is 5.76 Å². The van der Waals surface area contributed by atoms with Crippen molar-refractivity contribution in [1.29, 1.82) is 0 Å². The molecule has 0 saturated carbocycles. The molecule has 0 atom stereocenters. The first-order valence-electron chi connectivity index (χ1n) is 5.83. The van der Waals surface area contributed by atoms with Crippen LogP contribution in [0.5, 0.6) is 0 Å². The molecule has 1 N–H and O–H groups in total. The number of benzene rings is 1. The van der Waals surface area contributed by atoms with E-state index in [1.54, 1.807) is 6.07 Å². The molecule has 4 heteroatoms. The fourth-order valence-electron chi connectivity index (χ4n) is 1.63. The van der Waals surface area contributed by atoms with Crippen molar-refractivity contribution in [2.45, 2.75) is 26.4 Å². The summed E-state index contributed by atoms with van der Waals surface area (Å²) in [5.41, 5.74) is 0.649. The van der Waals surface area contributed by atoms with Gasteiger partial charge in [-0.05, 0) is 30.3 Å². The number of rotatable bonds is 4. The summed E-state index contributed by atoms with van der Waals surface area (Å²) >= 11 is 5.82. The summed E-state index contributed by atoms with van der Waals surface area (Å²) in [4.78, 5) is 0. The van der Waals surface area contributed by atoms with E-state index in [2.05, 4.69) is 19.2 Å². The minimum atomic E-state index is -0.365. The van der Waals surface area contributed by atoms with Gasteiger partial charge in [-0.2, -0.15) is 0 Å². The summed E-state index contributed by atoms with van der Waals surface area (Å²) in [5, 5.41) is 3.62. The van der Waals surface area contributed by atoms with Gasteiger partial charge in [-0.3, -0.25) is 0 Å². The molecule has 0 radical (unpaired) electrons. The maximum Gasteiger partial charge on any atom is 0.134 e. The molecule has 0 unspecified atom stereocenters. The first-order valence-corrected chi connectivity index (χ1v) is 6.21. The topological polar surface area (TPSA) is 25.2 Å². The Bertz CT molecular complexity index is 516. The predicted octanol–water partition coefficient (Wildman–Crippen LogP) is 4.24. The lowest BCUT2D eigenvalue weighted by molar-refractivity contribution is 0.473. The van der Waals surface area contributed by atoms with Gasteiger partial charge >= 0.3 is 0 Å². The van der Waals surface area contributed by atoms with E-state index < -0.39 is 0 Å². The zero-order chi connectivity index (χ0) is 13.1. The lowest BCUT2D eigenvalue weighted by Gasteiger charge is -2.05. The molecule has 96 valence electrons. The summed E-state index contributed by atoms with van der Waals surface area (Å²) in [5.74, 6) is 1.08. The maximum absolute atomic E-state index is 13.2. The minimum Gasteiger partial charge on any atom is -0.460 e. The van der Waals surface area contributed by atoms with E-state index in [1.807, 2.05) is 12.1 Å². The molecule has 1 aromatic carbocycles. The van der Waals surface area contributed by atoms with Crippen LogP contribution in [0.25, 0.3) is 11.3 Å². The van der Waals surface area contributed by atoms with Gasteiger partial charge in [0.2, 0.25) is 0 Å². The van der Waals surface area contributed by atoms with Crippen LogP contribution in [0.1, 0.15) is 19.6 Å². The monoisotopic (exact) mass is 267 g/mol. The van der Waals surface area contributed by atoms with Gasteiger partial charge in [-0.25, -0.2) is 4.39 Å². The van der Waals surface area contributed by atoms with Gasteiger partial charge in [0.05, 0.1) is 6.54 Å². The van der Waals surface area contributed by atoms with Crippen LogP contribution in [-0.4, -0.2) is 6.04 Å². The molecule has 0 amide bonds. The van der Waals surface area contributed by atoms with Crippen LogP contribution >= 0.6 is 11.6 Å². The summed E-state index contributed by atoms with van der Waals surface area (Å²) in [6, 6.07) is 8.46. The Hall–Kier alpha value is -1.32. The Labute approximate surface area is 111 Å². The number of nitrogens with one attached hydrogen (secondary N) is 1. The zero-order valence-electron chi connectivity index (χ0n) is 10.3. The maximum atomic E-state index is 13.2. The first-order chi connectivity index (χ1) is 8.54. The second-order valence-corrected chi connectivity index (χ2v) is 4.90. The van der Waals surface area contributed by atoms with Gasteiger partial charge in [-0.1, -0.05) is 25.4 Å². The van der Waals surface area contributed by atoms with Crippen molar-refractivity contribution < 1.29 is 8.81 Å². The Kier molecular flexibility index (Phi) is 4.04. The second-order valence-electron chi connectivity index (χ2n) is 4.46. The molecule has 1 heterocycles. The first kappa shape index (κ1) is 13.1. The van der Waals surface area contributed by atoms with Gasteiger partial charge in [-0.15, -0.1) is 0 Å². The van der Waals surface area contributed by atoms with Gasteiger partial charge in [0.25, 0.3) is 0 Å². The number of hydrogen-bond donors (Lipinski definition) is 1. The summed E-state index contributed by atoms with van der Waals surface area (Å²) in [7, 11) is 0. The Morgan fingerprint density at radius 2 is 2.06 bits per heavy atom. The summed E-state index contributed by atoms with van der Waals surface area (Å²) in [6.07, 6.45) is 0. The van der Waals surface area contributed by atoms with E-state index >= 15 is 0 Å². The van der Waals surface area contributed by atoms with E-state index in [0.29, 0.717) is 28.9 Å². The van der Waals surface area contributed by atoms with Crippen molar-refractivity contribution in [3.63, 3.8) is 0 Å². The average molecular weight is 268 g/mol. The molecule has 2 aromatic rings. The Balaban J connectivity index is 2.18. The number of halogens is 2. The SMILES string of the molecule is CC(C)NCc1ccc(-c2cc(F)cc(Cl)c2)o1. The van der Waals surface area contributed by atoms with Crippen LogP contribution in [0.2, 0.25) is 5.02 Å². The zero-order valence-corrected chi connectivity index (χ0v) is 11.1. The van der Waals surface area contributed by atoms with Gasteiger partial charge in [0.1, 0.15) is 17.3 Å². The molecule has 0 bridgehead atoms. The van der Waals surface area contributed by atoms with Crippen molar-refractivity contribution >= 4 is 11.6 Å². The van der Waals surface area contributed by atoms with E-state index in [1.165, 1.54) is 12.1 Å². The molecule has 0 aliphatic carbocycles. The number of hydrogen-bond acceptors (Lipinski definition) is 2. The molecular weight excluding hydrogens is 253 g/mol. The fraction of sp³-hybridized carbons (Fsp3) is 0.286. The van der Waals surface area contributed by atoms with Crippen LogP contribution in [0, 0.1) is 5.82 Å². The lowest BCUT2D eigenvalue weighted by atomic mass is 10.2. The third-order valence-electron chi connectivity index (χ3n) is 2.49. The van der Waals surface area contributed by atoms with Crippen LogP contribution in [-0.2, 0) is 6.54 Å². The molecular formula is C14H15ClFNO. The van der Waals surface area contributed by atoms with Crippen LogP contribution in [0.3, 0.4) is 0 Å². The smallest absolute Gasteiger partial charge is 0.134 e. The van der Waals surface area contributed by atoms with E-state index in [-0.39, 0.29) is 5.82 Å². The van der Waals surface area contributed by atoms with Crippen molar-refractivity contribution in [2.24, 2.45) is 0 Å². The Morgan fingerprint density at radius 3 is 2.72 bits per heavy atom. The second kappa shape index (κ2) is 5.55. The highest BCUT2D eigenvalue weighted by molar-refractivity contribution is 6.30. The minimum absolute atomic E-state index is 0.364. The molecule has 1 aromatic heterocycles. The van der Waals surface area contributed by atoms with Crippen LogP contribution in [0.4, 0.5) is 4.39 Å². The molecule has 0 saturated heterocycles. The highest BCUT2D eigenvalue weighted by Crippen LogP contribution is 2.26. The van der Waals surface area contributed by atoms with Gasteiger partial charge in [0, 0.05) is 16.6 Å². The molecule has 2 rings (SSSR count). The van der Waals surface area contributed by atoms with E-state index in [4.69, 9.17) is 16.0 Å².